The van der Waals surface area contributed by atoms with E-state index < -0.39 is 21.7 Å². The lowest BCUT2D eigenvalue weighted by molar-refractivity contribution is 0.0523. The molecule has 0 saturated carbocycles. The Hall–Kier alpha value is -4.26. The summed E-state index contributed by atoms with van der Waals surface area (Å²) in [4.78, 5) is 11.9. The summed E-state index contributed by atoms with van der Waals surface area (Å²) in [5, 5.41) is 11.3. The second kappa shape index (κ2) is 10.6. The Kier molecular flexibility index (Phi) is 7.49. The zero-order chi connectivity index (χ0) is 27.5. The van der Waals surface area contributed by atoms with Gasteiger partial charge in [0.15, 0.2) is 11.4 Å². The lowest BCUT2D eigenvalue weighted by Gasteiger charge is -2.19. The standard InChI is InChI=1S/C25H29N5O7S/c1-25(2,3)36-24(31)26-12-17-13-27-30(15-17)14-16-9-20(35-5)22-21(10-16)37-28-23(22)29-38(32,33)19-8-6-7-18(11-19)34-4/h6-11,13,15H,12,14H2,1-5H3,(H,26,31)(H,28,29). The smallest absolute Gasteiger partial charge is 0.407 e. The van der Waals surface area contributed by atoms with Gasteiger partial charge in [-0.05, 0) is 50.6 Å². The van der Waals surface area contributed by atoms with Crippen LogP contribution in [0.5, 0.6) is 11.5 Å². The molecule has 1 amide bonds. The first-order chi connectivity index (χ1) is 18.0. The predicted molar refractivity (Wildman–Crippen MR) is 139 cm³/mol. The fraction of sp³-hybridized carbons (Fsp3) is 0.320. The van der Waals surface area contributed by atoms with Crippen LogP contribution in [-0.2, 0) is 27.8 Å². The molecular formula is C25H29N5O7S. The largest absolute Gasteiger partial charge is 0.497 e. The molecule has 38 heavy (non-hydrogen) atoms. The molecule has 0 aliphatic heterocycles. The molecule has 0 spiro atoms. The number of fused-ring (bicyclic) bond motifs is 1. The number of hydrogen-bond acceptors (Lipinski definition) is 9. The SMILES string of the molecule is COc1cccc(S(=O)(=O)Nc2noc3cc(Cn4cc(CNC(=O)OC(C)(C)C)cn4)cc(OC)c23)c1. The minimum atomic E-state index is -3.97. The quantitative estimate of drug-likeness (QED) is 0.321. The molecule has 4 rings (SSSR count). The van der Waals surface area contributed by atoms with E-state index in [2.05, 4.69) is 20.3 Å². The van der Waals surface area contributed by atoms with Crippen molar-refractivity contribution in [1.82, 2.24) is 20.3 Å². The number of nitrogens with one attached hydrogen (secondary N) is 2. The number of benzene rings is 2. The highest BCUT2D eigenvalue weighted by atomic mass is 32.2. The molecule has 2 heterocycles. The summed E-state index contributed by atoms with van der Waals surface area (Å²) in [6, 6.07) is 9.56. The Labute approximate surface area is 219 Å². The first-order valence-corrected chi connectivity index (χ1v) is 13.1. The number of carbonyl (C=O) groups excluding carboxylic acids is 1. The van der Waals surface area contributed by atoms with E-state index in [0.29, 0.717) is 29.0 Å². The summed E-state index contributed by atoms with van der Waals surface area (Å²) < 4.78 is 51.4. The Bertz CT molecular complexity index is 1550. The molecule has 2 aromatic heterocycles. The van der Waals surface area contributed by atoms with Crippen LogP contribution in [0, 0.1) is 0 Å². The van der Waals surface area contributed by atoms with Gasteiger partial charge in [0.2, 0.25) is 0 Å². The molecule has 0 fully saturated rings. The molecule has 0 unspecified atom stereocenters. The van der Waals surface area contributed by atoms with Gasteiger partial charge in [0.05, 0.1) is 31.9 Å². The van der Waals surface area contributed by atoms with Crippen LogP contribution in [0.25, 0.3) is 11.0 Å². The topological polar surface area (TPSA) is 147 Å². The second-order valence-electron chi connectivity index (χ2n) is 9.39. The maximum Gasteiger partial charge on any atom is 0.407 e. The number of sulfonamides is 1. The summed E-state index contributed by atoms with van der Waals surface area (Å²) in [5.74, 6) is 0.782. The normalized spacial score (nSPS) is 11.8. The molecule has 0 bridgehead atoms. The summed E-state index contributed by atoms with van der Waals surface area (Å²) in [6.45, 7) is 6.01. The lowest BCUT2D eigenvalue weighted by Crippen LogP contribution is -2.32. The zero-order valence-electron chi connectivity index (χ0n) is 21.6. The number of methoxy groups -OCH3 is 2. The van der Waals surface area contributed by atoms with Crippen molar-refractivity contribution >= 4 is 32.9 Å². The molecule has 0 aliphatic carbocycles. The van der Waals surface area contributed by atoms with Gasteiger partial charge in [-0.2, -0.15) is 5.10 Å². The van der Waals surface area contributed by atoms with Crippen LogP contribution in [0.1, 0.15) is 31.9 Å². The highest BCUT2D eigenvalue weighted by Gasteiger charge is 2.22. The summed E-state index contributed by atoms with van der Waals surface area (Å²) in [7, 11) is -1.04. The van der Waals surface area contributed by atoms with Crippen molar-refractivity contribution in [3.63, 3.8) is 0 Å². The third kappa shape index (κ3) is 6.35. The van der Waals surface area contributed by atoms with Gasteiger partial charge < -0.3 is 24.1 Å². The first-order valence-electron chi connectivity index (χ1n) is 11.6. The van der Waals surface area contributed by atoms with Gasteiger partial charge in [-0.3, -0.25) is 9.40 Å². The molecule has 2 aromatic carbocycles. The van der Waals surface area contributed by atoms with Gasteiger partial charge in [0, 0.05) is 24.4 Å². The van der Waals surface area contributed by atoms with Crippen molar-refractivity contribution in [3.8, 4) is 11.5 Å². The van der Waals surface area contributed by atoms with Crippen LogP contribution in [0.15, 0.2) is 58.2 Å². The van der Waals surface area contributed by atoms with Gasteiger partial charge in [-0.1, -0.05) is 11.2 Å². The van der Waals surface area contributed by atoms with E-state index in [9.17, 15) is 13.2 Å². The number of nitrogens with zero attached hydrogens (tertiary/aromatic N) is 3. The van der Waals surface area contributed by atoms with Gasteiger partial charge in [-0.25, -0.2) is 13.2 Å². The number of anilines is 1. The minimum absolute atomic E-state index is 0.000752. The van der Waals surface area contributed by atoms with E-state index >= 15 is 0 Å². The molecule has 2 N–H and O–H groups in total. The molecule has 0 radical (unpaired) electrons. The van der Waals surface area contributed by atoms with Crippen LogP contribution < -0.4 is 19.5 Å². The number of rotatable bonds is 9. The molecule has 12 nitrogen and oxygen atoms in total. The molecule has 0 saturated heterocycles. The number of aromatic nitrogens is 3. The fourth-order valence-corrected chi connectivity index (χ4v) is 4.67. The van der Waals surface area contributed by atoms with Crippen LogP contribution in [0.2, 0.25) is 0 Å². The van der Waals surface area contributed by atoms with Gasteiger partial charge >= 0.3 is 6.09 Å². The fourth-order valence-electron chi connectivity index (χ4n) is 3.63. The molecular weight excluding hydrogens is 514 g/mol. The number of carbonyl (C=O) groups is 1. The highest BCUT2D eigenvalue weighted by molar-refractivity contribution is 7.92. The van der Waals surface area contributed by atoms with Crippen molar-refractivity contribution in [2.24, 2.45) is 0 Å². The van der Waals surface area contributed by atoms with Gasteiger partial charge in [0.1, 0.15) is 22.5 Å². The minimum Gasteiger partial charge on any atom is -0.497 e. The number of hydrogen-bond donors (Lipinski definition) is 2. The van der Waals surface area contributed by atoms with E-state index in [4.69, 9.17) is 18.7 Å². The van der Waals surface area contributed by atoms with Crippen LogP contribution in [0.4, 0.5) is 10.6 Å². The van der Waals surface area contributed by atoms with Crippen LogP contribution in [-0.4, -0.2) is 49.3 Å². The number of ether oxygens (including phenoxy) is 3. The Morgan fingerprint density at radius 2 is 1.89 bits per heavy atom. The second-order valence-corrected chi connectivity index (χ2v) is 11.1. The van der Waals surface area contributed by atoms with Gasteiger partial charge in [-0.15, -0.1) is 0 Å². The van der Waals surface area contributed by atoms with E-state index in [1.54, 1.807) is 62.1 Å². The number of amides is 1. The lowest BCUT2D eigenvalue weighted by atomic mass is 10.1. The monoisotopic (exact) mass is 543 g/mol. The van der Waals surface area contributed by atoms with Crippen molar-refractivity contribution in [2.75, 3.05) is 18.9 Å². The van der Waals surface area contributed by atoms with Crippen molar-refractivity contribution in [3.05, 3.63) is 59.9 Å². The van der Waals surface area contributed by atoms with Crippen LogP contribution in [0.3, 0.4) is 0 Å². The third-order valence-electron chi connectivity index (χ3n) is 5.27. The Morgan fingerprint density at radius 1 is 1.11 bits per heavy atom. The van der Waals surface area contributed by atoms with Crippen LogP contribution >= 0.6 is 0 Å². The Balaban J connectivity index is 1.51. The maximum atomic E-state index is 13.0. The predicted octanol–water partition coefficient (Wildman–Crippen LogP) is 3.92. The Morgan fingerprint density at radius 3 is 2.61 bits per heavy atom. The van der Waals surface area contributed by atoms with E-state index in [0.717, 1.165) is 11.1 Å². The summed E-state index contributed by atoms with van der Waals surface area (Å²) in [5.41, 5.74) is 1.32. The highest BCUT2D eigenvalue weighted by Crippen LogP contribution is 2.35. The van der Waals surface area contributed by atoms with Gasteiger partial charge in [0.25, 0.3) is 10.0 Å². The zero-order valence-corrected chi connectivity index (χ0v) is 22.5. The average molecular weight is 544 g/mol. The first kappa shape index (κ1) is 26.8. The third-order valence-corrected chi connectivity index (χ3v) is 6.60. The molecule has 0 atom stereocenters. The van der Waals surface area contributed by atoms with E-state index in [-0.39, 0.29) is 17.3 Å². The van der Waals surface area contributed by atoms with E-state index in [1.807, 2.05) is 0 Å². The molecule has 202 valence electrons. The number of alkyl carbamates (subject to hydrolysis) is 1. The molecule has 4 aromatic rings. The van der Waals surface area contributed by atoms with E-state index in [1.165, 1.54) is 26.4 Å². The maximum absolute atomic E-state index is 13.0. The average Bonchev–Trinajstić information content (AvgIpc) is 3.47. The van der Waals surface area contributed by atoms with Crippen molar-refractivity contribution in [1.29, 1.82) is 0 Å². The summed E-state index contributed by atoms with van der Waals surface area (Å²) >= 11 is 0. The van der Waals surface area contributed by atoms with Crippen molar-refractivity contribution < 1.29 is 31.9 Å². The van der Waals surface area contributed by atoms with Crippen molar-refractivity contribution in [2.45, 2.75) is 44.4 Å². The summed E-state index contributed by atoms with van der Waals surface area (Å²) in [6.07, 6.45) is 2.93. The molecule has 0 aliphatic rings. The molecule has 13 heteroatoms.